The van der Waals surface area contributed by atoms with Gasteiger partial charge in [-0.1, -0.05) is 12.1 Å². The summed E-state index contributed by atoms with van der Waals surface area (Å²) >= 11 is 0. The van der Waals surface area contributed by atoms with E-state index in [0.29, 0.717) is 12.5 Å². The molecule has 2 atom stereocenters. The van der Waals surface area contributed by atoms with Crippen LogP contribution in [0, 0.1) is 11.7 Å². The van der Waals surface area contributed by atoms with Gasteiger partial charge in [0.15, 0.2) is 0 Å². The van der Waals surface area contributed by atoms with Crippen LogP contribution in [0.5, 0.6) is 0 Å². The molecule has 1 amide bonds. The van der Waals surface area contributed by atoms with Gasteiger partial charge in [-0.05, 0) is 49.6 Å². The summed E-state index contributed by atoms with van der Waals surface area (Å²) in [6, 6.07) is 12.4. The Bertz CT molecular complexity index is 1200. The second-order valence-corrected chi connectivity index (χ2v) is 7.94. The predicted octanol–water partition coefficient (Wildman–Crippen LogP) is 4.12. The lowest BCUT2D eigenvalue weighted by Crippen LogP contribution is -2.34. The van der Waals surface area contributed by atoms with Crippen LogP contribution >= 0.6 is 0 Å². The largest absolute Gasteiger partial charge is 0.346 e. The van der Waals surface area contributed by atoms with Crippen molar-refractivity contribution in [1.29, 1.82) is 0 Å². The number of likely N-dealkylation sites (tertiary alicyclic amines) is 1. The Morgan fingerprint density at radius 2 is 2.10 bits per heavy atom. The number of pyridine rings is 1. The molecule has 5 rings (SSSR count). The third kappa shape index (κ3) is 3.26. The monoisotopic (exact) mass is 403 g/mol. The molecule has 1 fully saturated rings. The summed E-state index contributed by atoms with van der Waals surface area (Å²) in [6.07, 6.45) is 6.52. The van der Waals surface area contributed by atoms with Crippen molar-refractivity contribution in [2.75, 3.05) is 6.54 Å². The summed E-state index contributed by atoms with van der Waals surface area (Å²) in [6.45, 7) is 3.45. The minimum Gasteiger partial charge on any atom is -0.346 e. The van der Waals surface area contributed by atoms with Crippen LogP contribution < -0.4 is 0 Å². The van der Waals surface area contributed by atoms with Gasteiger partial charge in [0.2, 0.25) is 0 Å². The third-order valence-electron chi connectivity index (χ3n) is 5.90. The minimum absolute atomic E-state index is 0.0785. The summed E-state index contributed by atoms with van der Waals surface area (Å²) in [4.78, 5) is 19.4. The van der Waals surface area contributed by atoms with Crippen LogP contribution in [0.1, 0.15) is 23.7 Å². The average Bonchev–Trinajstić information content (AvgIpc) is 3.48. The first kappa shape index (κ1) is 18.5. The second-order valence-electron chi connectivity index (χ2n) is 7.94. The number of carbonyl (C=O) groups excluding carboxylic acids is 1. The van der Waals surface area contributed by atoms with Crippen molar-refractivity contribution in [1.82, 2.24) is 24.6 Å². The number of aromatic amines is 1. The van der Waals surface area contributed by atoms with E-state index in [2.05, 4.69) is 20.8 Å². The van der Waals surface area contributed by atoms with E-state index in [1.165, 1.54) is 6.07 Å². The molecule has 0 saturated carbocycles. The van der Waals surface area contributed by atoms with E-state index in [1.807, 2.05) is 31.5 Å². The molecule has 1 aliphatic heterocycles. The fourth-order valence-electron chi connectivity index (χ4n) is 4.41. The number of halogens is 1. The minimum atomic E-state index is -0.464. The van der Waals surface area contributed by atoms with E-state index >= 15 is 0 Å². The molecule has 0 aliphatic carbocycles. The van der Waals surface area contributed by atoms with Gasteiger partial charge in [-0.15, -0.1) is 0 Å². The lowest BCUT2D eigenvalue weighted by molar-refractivity contribution is 0.0737. The number of nitrogens with one attached hydrogen (secondary N) is 1. The highest BCUT2D eigenvalue weighted by Gasteiger charge is 2.34. The maximum absolute atomic E-state index is 14.1. The summed E-state index contributed by atoms with van der Waals surface area (Å²) in [5.74, 6) is -0.388. The number of rotatable bonds is 4. The normalized spacial score (nSPS) is 18.9. The third-order valence-corrected chi connectivity index (χ3v) is 5.90. The number of amides is 1. The first-order chi connectivity index (χ1) is 14.6. The number of fused-ring (bicyclic) bond motifs is 1. The van der Waals surface area contributed by atoms with E-state index in [0.717, 1.165) is 35.3 Å². The first-order valence-electron chi connectivity index (χ1n) is 10.1. The number of benzene rings is 1. The first-order valence-corrected chi connectivity index (χ1v) is 10.1. The van der Waals surface area contributed by atoms with Gasteiger partial charge in [-0.3, -0.25) is 9.89 Å². The van der Waals surface area contributed by atoms with Gasteiger partial charge in [0.05, 0.1) is 28.5 Å². The zero-order valence-electron chi connectivity index (χ0n) is 16.6. The zero-order valence-corrected chi connectivity index (χ0v) is 16.6. The summed E-state index contributed by atoms with van der Waals surface area (Å²) in [5.41, 5.74) is 3.97. The van der Waals surface area contributed by atoms with Gasteiger partial charge in [0.25, 0.3) is 5.91 Å². The summed E-state index contributed by atoms with van der Waals surface area (Å²) < 4.78 is 16.3. The molecular weight excluding hydrogens is 381 g/mol. The zero-order chi connectivity index (χ0) is 20.7. The van der Waals surface area contributed by atoms with Crippen LogP contribution in [-0.4, -0.2) is 43.1 Å². The van der Waals surface area contributed by atoms with E-state index in [4.69, 9.17) is 4.98 Å². The molecule has 3 aromatic heterocycles. The predicted molar refractivity (Wildman–Crippen MR) is 112 cm³/mol. The molecule has 6 nitrogen and oxygen atoms in total. The van der Waals surface area contributed by atoms with Crippen LogP contribution in [0.3, 0.4) is 0 Å². The van der Waals surface area contributed by atoms with E-state index < -0.39 is 5.82 Å². The second kappa shape index (κ2) is 7.40. The highest BCUT2D eigenvalue weighted by molar-refractivity contribution is 5.94. The van der Waals surface area contributed by atoms with Crippen molar-refractivity contribution >= 4 is 16.9 Å². The molecule has 0 unspecified atom stereocenters. The topological polar surface area (TPSA) is 66.8 Å². The fourth-order valence-corrected chi connectivity index (χ4v) is 4.41. The van der Waals surface area contributed by atoms with Gasteiger partial charge in [0, 0.05) is 37.1 Å². The molecule has 4 aromatic rings. The number of carbonyl (C=O) groups is 1. The molecule has 152 valence electrons. The highest BCUT2D eigenvalue weighted by atomic mass is 19.1. The lowest BCUT2D eigenvalue weighted by atomic mass is 10.1. The van der Waals surface area contributed by atoms with Gasteiger partial charge >= 0.3 is 0 Å². The molecule has 0 radical (unpaired) electrons. The van der Waals surface area contributed by atoms with Crippen molar-refractivity contribution < 1.29 is 9.18 Å². The van der Waals surface area contributed by atoms with Gasteiger partial charge in [-0.25, -0.2) is 9.37 Å². The molecule has 30 heavy (non-hydrogen) atoms. The van der Waals surface area contributed by atoms with Crippen LogP contribution in [0.4, 0.5) is 4.39 Å². The smallest absolute Gasteiger partial charge is 0.257 e. The van der Waals surface area contributed by atoms with Crippen molar-refractivity contribution in [3.63, 3.8) is 0 Å². The van der Waals surface area contributed by atoms with E-state index in [9.17, 15) is 9.18 Å². The fraction of sp³-hybridized carbons (Fsp3) is 0.261. The molecule has 1 saturated heterocycles. The van der Waals surface area contributed by atoms with Crippen LogP contribution in [0.25, 0.3) is 22.3 Å². The van der Waals surface area contributed by atoms with Crippen molar-refractivity contribution in [2.24, 2.45) is 5.92 Å². The van der Waals surface area contributed by atoms with Gasteiger partial charge < -0.3 is 9.47 Å². The quantitative estimate of drug-likeness (QED) is 0.557. The van der Waals surface area contributed by atoms with Crippen LogP contribution in [0.15, 0.2) is 61.1 Å². The lowest BCUT2D eigenvalue weighted by Gasteiger charge is -2.22. The Morgan fingerprint density at radius 1 is 1.23 bits per heavy atom. The molecule has 1 aliphatic rings. The maximum Gasteiger partial charge on any atom is 0.257 e. The van der Waals surface area contributed by atoms with Crippen LogP contribution in [-0.2, 0) is 6.54 Å². The van der Waals surface area contributed by atoms with Crippen molar-refractivity contribution in [2.45, 2.75) is 25.9 Å². The Balaban J connectivity index is 1.33. The van der Waals surface area contributed by atoms with Gasteiger partial charge in [0.1, 0.15) is 5.82 Å². The Hall–Kier alpha value is -3.48. The molecule has 7 heteroatoms. The molecule has 4 heterocycles. The molecular formula is C23H22FN5O. The van der Waals surface area contributed by atoms with Crippen molar-refractivity contribution in [3.8, 4) is 11.3 Å². The highest BCUT2D eigenvalue weighted by Crippen LogP contribution is 2.28. The maximum atomic E-state index is 14.1. The Kier molecular flexibility index (Phi) is 4.58. The molecule has 0 bridgehead atoms. The van der Waals surface area contributed by atoms with Gasteiger partial charge in [-0.2, -0.15) is 5.10 Å². The van der Waals surface area contributed by atoms with E-state index in [1.54, 1.807) is 29.3 Å². The van der Waals surface area contributed by atoms with E-state index in [-0.39, 0.29) is 17.5 Å². The molecule has 0 spiro atoms. The number of H-pyrrole nitrogens is 1. The number of hydrogen-bond acceptors (Lipinski definition) is 3. The Morgan fingerprint density at radius 3 is 2.90 bits per heavy atom. The molecule has 1 N–H and O–H groups in total. The number of aromatic nitrogens is 4. The summed E-state index contributed by atoms with van der Waals surface area (Å²) in [5, 5.41) is 6.79. The summed E-state index contributed by atoms with van der Waals surface area (Å²) in [7, 11) is 0. The van der Waals surface area contributed by atoms with Crippen LogP contribution in [0.2, 0.25) is 0 Å². The number of nitrogens with zero attached hydrogens (tertiary/aromatic N) is 4. The molecule has 1 aromatic carbocycles. The number of hydrogen-bond donors (Lipinski definition) is 1. The average molecular weight is 403 g/mol. The Labute approximate surface area is 173 Å². The van der Waals surface area contributed by atoms with Crippen molar-refractivity contribution in [3.05, 3.63) is 72.4 Å². The SMILES string of the molecule is C[C@@H]1C[C@@H](Cn2ccc3nc(-c4cn[nH]c4)ccc32)CN1C(=O)c1ccccc1F. The standard InChI is InChI=1S/C23H22FN5O/c1-15-10-16(14-29(15)23(30)18-4-2-3-5-19(18)24)13-28-9-8-21-22(28)7-6-20(27-21)17-11-25-26-12-17/h2-9,11-12,15-16H,10,13-14H2,1H3,(H,25,26)/t15-,16+/m1/s1.